The van der Waals surface area contributed by atoms with Crippen LogP contribution in [-0.2, 0) is 4.74 Å². The van der Waals surface area contributed by atoms with Crippen molar-refractivity contribution in [3.8, 4) is 0 Å². The predicted molar refractivity (Wildman–Crippen MR) is 58.5 cm³/mol. The first-order valence-electron chi connectivity index (χ1n) is 4.98. The molecule has 0 aromatic rings. The van der Waals surface area contributed by atoms with Gasteiger partial charge in [0.2, 0.25) is 0 Å². The number of ether oxygens (including phenoxy) is 1. The van der Waals surface area contributed by atoms with Crippen LogP contribution in [0.15, 0.2) is 0 Å². The zero-order valence-corrected chi connectivity index (χ0v) is 9.81. The smallest absolute Gasteiger partial charge is 0.0669 e. The molecule has 0 aromatic heterocycles. The van der Waals surface area contributed by atoms with Crippen molar-refractivity contribution in [3.05, 3.63) is 0 Å². The summed E-state index contributed by atoms with van der Waals surface area (Å²) in [7, 11) is 3.89. The Morgan fingerprint density at radius 3 is 2.54 bits per heavy atom. The second-order valence-corrected chi connectivity index (χ2v) is 3.94. The van der Waals surface area contributed by atoms with Gasteiger partial charge in [-0.15, -0.1) is 11.6 Å². The topological polar surface area (TPSA) is 12.5 Å². The molecule has 0 rings (SSSR count). The molecule has 0 fully saturated rings. The predicted octanol–water partition coefficient (Wildman–Crippen LogP) is 2.36. The summed E-state index contributed by atoms with van der Waals surface area (Å²) in [5.41, 5.74) is 0. The second-order valence-electron chi connectivity index (χ2n) is 3.56. The molecule has 0 bridgehead atoms. The Morgan fingerprint density at radius 2 is 2.00 bits per heavy atom. The number of methoxy groups -OCH3 is 1. The van der Waals surface area contributed by atoms with Gasteiger partial charge in [-0.05, 0) is 33.4 Å². The number of hydrogen-bond donors (Lipinski definition) is 0. The van der Waals surface area contributed by atoms with Gasteiger partial charge in [0.05, 0.1) is 6.10 Å². The summed E-state index contributed by atoms with van der Waals surface area (Å²) in [4.78, 5) is 2.31. The average molecular weight is 208 g/mol. The molecule has 0 aromatic carbocycles. The number of hydrogen-bond acceptors (Lipinski definition) is 2. The summed E-state index contributed by atoms with van der Waals surface area (Å²) in [6.07, 6.45) is 3.93. The fourth-order valence-electron chi connectivity index (χ4n) is 1.26. The summed E-state index contributed by atoms with van der Waals surface area (Å²) in [5, 5.41) is 0. The van der Waals surface area contributed by atoms with E-state index in [4.69, 9.17) is 16.3 Å². The highest BCUT2D eigenvalue weighted by Gasteiger charge is 2.03. The zero-order chi connectivity index (χ0) is 10.1. The van der Waals surface area contributed by atoms with Crippen molar-refractivity contribution >= 4 is 11.6 Å². The highest BCUT2D eigenvalue weighted by atomic mass is 35.5. The maximum Gasteiger partial charge on any atom is 0.0669 e. The van der Waals surface area contributed by atoms with Crippen LogP contribution in [0.1, 0.15) is 26.2 Å². The van der Waals surface area contributed by atoms with Gasteiger partial charge in [-0.25, -0.2) is 0 Å². The minimum atomic E-state index is 0.332. The quantitative estimate of drug-likeness (QED) is 0.448. The fourth-order valence-corrected chi connectivity index (χ4v) is 1.45. The largest absolute Gasteiger partial charge is 0.380 e. The number of nitrogens with zero attached hydrogens (tertiary/aromatic N) is 1. The third kappa shape index (κ3) is 8.54. The van der Waals surface area contributed by atoms with Gasteiger partial charge in [0.15, 0.2) is 0 Å². The molecule has 0 N–H and O–H groups in total. The molecule has 3 heteroatoms. The molecule has 1 atom stereocenters. The average Bonchev–Trinajstić information content (AvgIpc) is 2.12. The van der Waals surface area contributed by atoms with Crippen LogP contribution in [0.4, 0.5) is 0 Å². The van der Waals surface area contributed by atoms with Gasteiger partial charge in [-0.1, -0.05) is 6.42 Å². The van der Waals surface area contributed by atoms with E-state index in [2.05, 4.69) is 18.9 Å². The Kier molecular flexibility index (Phi) is 8.93. The van der Waals surface area contributed by atoms with E-state index in [0.29, 0.717) is 6.10 Å². The first-order valence-corrected chi connectivity index (χ1v) is 5.51. The van der Waals surface area contributed by atoms with E-state index in [0.717, 1.165) is 25.4 Å². The van der Waals surface area contributed by atoms with Crippen molar-refractivity contribution in [1.29, 1.82) is 0 Å². The fraction of sp³-hybridized carbons (Fsp3) is 1.00. The van der Waals surface area contributed by atoms with Crippen LogP contribution in [0.3, 0.4) is 0 Å². The molecule has 0 heterocycles. The number of halogens is 1. The number of rotatable bonds is 8. The van der Waals surface area contributed by atoms with Crippen LogP contribution in [0.5, 0.6) is 0 Å². The molecule has 0 aliphatic heterocycles. The van der Waals surface area contributed by atoms with Crippen LogP contribution in [-0.4, -0.2) is 44.1 Å². The van der Waals surface area contributed by atoms with Gasteiger partial charge < -0.3 is 9.64 Å². The molecule has 0 aliphatic carbocycles. The second kappa shape index (κ2) is 8.79. The monoisotopic (exact) mass is 207 g/mol. The van der Waals surface area contributed by atoms with E-state index in [9.17, 15) is 0 Å². The molecule has 0 radical (unpaired) electrons. The first-order chi connectivity index (χ1) is 6.20. The lowest BCUT2D eigenvalue weighted by Crippen LogP contribution is -2.29. The van der Waals surface area contributed by atoms with E-state index in [1.165, 1.54) is 12.8 Å². The first kappa shape index (κ1) is 13.2. The number of unbranched alkanes of at least 4 members (excludes halogenated alkanes) is 2. The van der Waals surface area contributed by atoms with E-state index in [1.54, 1.807) is 7.11 Å². The molecule has 0 saturated carbocycles. The summed E-state index contributed by atoms with van der Waals surface area (Å²) in [5.74, 6) is 0.790. The van der Waals surface area contributed by atoms with Crippen LogP contribution in [0, 0.1) is 0 Å². The maximum absolute atomic E-state index is 5.59. The van der Waals surface area contributed by atoms with Gasteiger partial charge in [0, 0.05) is 19.5 Å². The number of alkyl halides is 1. The summed E-state index contributed by atoms with van der Waals surface area (Å²) in [6.45, 7) is 4.25. The Morgan fingerprint density at radius 1 is 1.31 bits per heavy atom. The van der Waals surface area contributed by atoms with E-state index < -0.39 is 0 Å². The molecule has 1 unspecified atom stereocenters. The van der Waals surface area contributed by atoms with Crippen molar-refractivity contribution in [2.45, 2.75) is 32.3 Å². The lowest BCUT2D eigenvalue weighted by molar-refractivity contribution is 0.0852. The van der Waals surface area contributed by atoms with Crippen molar-refractivity contribution in [2.24, 2.45) is 0 Å². The SMILES string of the molecule is COC(C)CN(C)CCCCCCl. The molecule has 80 valence electrons. The molecule has 13 heavy (non-hydrogen) atoms. The highest BCUT2D eigenvalue weighted by Crippen LogP contribution is 2.00. The molecular formula is C10H22ClNO. The zero-order valence-electron chi connectivity index (χ0n) is 9.05. The van der Waals surface area contributed by atoms with Crippen molar-refractivity contribution in [2.75, 3.05) is 33.1 Å². The normalized spacial score (nSPS) is 13.6. The van der Waals surface area contributed by atoms with Crippen LogP contribution in [0.2, 0.25) is 0 Å². The lowest BCUT2D eigenvalue weighted by atomic mass is 10.2. The minimum Gasteiger partial charge on any atom is -0.380 e. The van der Waals surface area contributed by atoms with Crippen LogP contribution in [0.25, 0.3) is 0 Å². The highest BCUT2D eigenvalue weighted by molar-refractivity contribution is 6.17. The summed E-state index contributed by atoms with van der Waals surface area (Å²) < 4.78 is 5.19. The van der Waals surface area contributed by atoms with E-state index in [-0.39, 0.29) is 0 Å². The Hall–Kier alpha value is 0.210. The third-order valence-electron chi connectivity index (χ3n) is 2.14. The van der Waals surface area contributed by atoms with Gasteiger partial charge in [-0.2, -0.15) is 0 Å². The molecule has 2 nitrogen and oxygen atoms in total. The summed E-state index contributed by atoms with van der Waals surface area (Å²) in [6, 6.07) is 0. The Bertz CT molecular complexity index is 111. The summed E-state index contributed by atoms with van der Waals surface area (Å²) >= 11 is 5.59. The van der Waals surface area contributed by atoms with Crippen LogP contribution < -0.4 is 0 Å². The maximum atomic E-state index is 5.59. The molecule has 0 saturated heterocycles. The Balaban J connectivity index is 3.24. The third-order valence-corrected chi connectivity index (χ3v) is 2.41. The van der Waals surface area contributed by atoms with E-state index in [1.807, 2.05) is 0 Å². The van der Waals surface area contributed by atoms with Gasteiger partial charge >= 0.3 is 0 Å². The van der Waals surface area contributed by atoms with Crippen molar-refractivity contribution < 1.29 is 4.74 Å². The Labute approximate surface area is 87.2 Å². The lowest BCUT2D eigenvalue weighted by Gasteiger charge is -2.20. The standard InChI is InChI=1S/C10H22ClNO/c1-10(13-3)9-12(2)8-6-4-5-7-11/h10H,4-9H2,1-3H3. The van der Waals surface area contributed by atoms with Crippen molar-refractivity contribution in [3.63, 3.8) is 0 Å². The molecule has 0 amide bonds. The van der Waals surface area contributed by atoms with Gasteiger partial charge in [0.1, 0.15) is 0 Å². The van der Waals surface area contributed by atoms with Gasteiger partial charge in [-0.3, -0.25) is 0 Å². The van der Waals surface area contributed by atoms with Gasteiger partial charge in [0.25, 0.3) is 0 Å². The van der Waals surface area contributed by atoms with Crippen molar-refractivity contribution in [1.82, 2.24) is 4.90 Å². The molecule has 0 aliphatic rings. The molecular weight excluding hydrogens is 186 g/mol. The number of likely N-dealkylation sites (N-methyl/N-ethyl adjacent to an activating group) is 1. The van der Waals surface area contributed by atoms with Crippen LogP contribution >= 0.6 is 11.6 Å². The minimum absolute atomic E-state index is 0.332. The van der Waals surface area contributed by atoms with E-state index >= 15 is 0 Å². The molecule has 0 spiro atoms.